The van der Waals surface area contributed by atoms with Gasteiger partial charge in [0, 0.05) is 58.8 Å². The summed E-state index contributed by atoms with van der Waals surface area (Å²) in [6.45, 7) is 9.13. The van der Waals surface area contributed by atoms with Gasteiger partial charge in [0.25, 0.3) is 0 Å². The second-order valence-electron chi connectivity index (χ2n) is 9.80. The molecule has 2 fully saturated rings. The Balaban J connectivity index is 1.88. The van der Waals surface area contributed by atoms with Crippen LogP contribution >= 0.6 is 0 Å². The van der Waals surface area contributed by atoms with Crippen molar-refractivity contribution in [1.82, 2.24) is 14.8 Å². The number of carbonyl (C=O) groups is 2. The molecule has 1 aromatic rings. The van der Waals surface area contributed by atoms with E-state index in [1.807, 2.05) is 37.2 Å². The Labute approximate surface area is 168 Å². The van der Waals surface area contributed by atoms with E-state index >= 15 is 0 Å². The van der Waals surface area contributed by atoms with Gasteiger partial charge in [-0.25, -0.2) is 4.98 Å². The second kappa shape index (κ2) is 7.72. The summed E-state index contributed by atoms with van der Waals surface area (Å²) in [5.74, 6) is 1.42. The number of carbonyl (C=O) groups excluding carboxylic acids is 2. The Morgan fingerprint density at radius 2 is 2.00 bits per heavy atom. The van der Waals surface area contributed by atoms with Crippen molar-refractivity contribution in [3.05, 3.63) is 24.4 Å². The van der Waals surface area contributed by atoms with Gasteiger partial charge in [-0.05, 0) is 30.4 Å². The zero-order valence-corrected chi connectivity index (χ0v) is 17.9. The van der Waals surface area contributed by atoms with E-state index in [1.54, 1.807) is 11.1 Å². The molecule has 2 atom stereocenters. The lowest BCUT2D eigenvalue weighted by atomic mass is 9.74. The molecular weight excluding hydrogens is 352 g/mol. The first-order chi connectivity index (χ1) is 13.1. The van der Waals surface area contributed by atoms with Gasteiger partial charge in [-0.15, -0.1) is 0 Å². The predicted molar refractivity (Wildman–Crippen MR) is 111 cm³/mol. The Morgan fingerprint density at radius 3 is 2.61 bits per heavy atom. The van der Waals surface area contributed by atoms with Crippen molar-refractivity contribution < 1.29 is 9.59 Å². The second-order valence-corrected chi connectivity index (χ2v) is 9.80. The molecule has 0 unspecified atom stereocenters. The molecule has 0 radical (unpaired) electrons. The molecule has 0 saturated carbocycles. The van der Waals surface area contributed by atoms with Crippen LogP contribution in [-0.4, -0.2) is 66.9 Å². The zero-order valence-electron chi connectivity index (χ0n) is 17.9. The van der Waals surface area contributed by atoms with Crippen LogP contribution in [0.4, 0.5) is 5.82 Å². The molecular formula is C22H34N4O2. The Hall–Kier alpha value is -2.11. The van der Waals surface area contributed by atoms with Crippen molar-refractivity contribution in [1.29, 1.82) is 0 Å². The van der Waals surface area contributed by atoms with Crippen molar-refractivity contribution in [2.45, 2.75) is 40.0 Å². The van der Waals surface area contributed by atoms with Crippen LogP contribution in [0.2, 0.25) is 0 Å². The SMILES string of the molecule is CN(C)C(=O)[C@]12CCCN(C(=O)CC(C)(C)C)C[C@H]1CN(c1ccccn1)C2. The van der Waals surface area contributed by atoms with Gasteiger partial charge >= 0.3 is 0 Å². The van der Waals surface area contributed by atoms with E-state index in [0.717, 1.165) is 31.7 Å². The third-order valence-electron chi connectivity index (χ3n) is 6.03. The Morgan fingerprint density at radius 1 is 1.25 bits per heavy atom. The molecule has 2 aliphatic rings. The number of aromatic nitrogens is 1. The zero-order chi connectivity index (χ0) is 20.5. The number of anilines is 1. The van der Waals surface area contributed by atoms with Crippen molar-refractivity contribution in [3.8, 4) is 0 Å². The molecule has 0 N–H and O–H groups in total. The lowest BCUT2D eigenvalue weighted by Crippen LogP contribution is -2.47. The van der Waals surface area contributed by atoms with Gasteiger partial charge in [0.05, 0.1) is 5.41 Å². The van der Waals surface area contributed by atoms with E-state index in [0.29, 0.717) is 19.5 Å². The molecule has 3 rings (SSSR count). The molecule has 6 heteroatoms. The third kappa shape index (κ3) is 4.15. The molecule has 2 saturated heterocycles. The lowest BCUT2D eigenvalue weighted by Gasteiger charge is -2.34. The minimum Gasteiger partial charge on any atom is -0.355 e. The van der Waals surface area contributed by atoms with E-state index in [1.165, 1.54) is 0 Å². The van der Waals surface area contributed by atoms with Crippen molar-refractivity contribution in [3.63, 3.8) is 0 Å². The average molecular weight is 387 g/mol. The first-order valence-electron chi connectivity index (χ1n) is 10.3. The fourth-order valence-corrected chi connectivity index (χ4v) is 4.74. The fraction of sp³-hybridized carbons (Fsp3) is 0.682. The molecule has 2 aliphatic heterocycles. The number of hydrogen-bond acceptors (Lipinski definition) is 4. The molecule has 0 bridgehead atoms. The third-order valence-corrected chi connectivity index (χ3v) is 6.03. The molecule has 0 spiro atoms. The Bertz CT molecular complexity index is 713. The summed E-state index contributed by atoms with van der Waals surface area (Å²) >= 11 is 0. The summed E-state index contributed by atoms with van der Waals surface area (Å²) in [6.07, 6.45) is 4.01. The van der Waals surface area contributed by atoms with Crippen LogP contribution in [-0.2, 0) is 9.59 Å². The number of fused-ring (bicyclic) bond motifs is 1. The largest absolute Gasteiger partial charge is 0.355 e. The number of pyridine rings is 1. The number of rotatable bonds is 3. The van der Waals surface area contributed by atoms with Gasteiger partial charge in [0.15, 0.2) is 0 Å². The average Bonchev–Trinajstić information content (AvgIpc) is 2.89. The molecule has 6 nitrogen and oxygen atoms in total. The highest BCUT2D eigenvalue weighted by Gasteiger charge is 2.54. The van der Waals surface area contributed by atoms with Gasteiger partial charge in [-0.2, -0.15) is 0 Å². The summed E-state index contributed by atoms with van der Waals surface area (Å²) in [5, 5.41) is 0. The van der Waals surface area contributed by atoms with E-state index in [2.05, 4.69) is 30.7 Å². The molecule has 154 valence electrons. The van der Waals surface area contributed by atoms with Crippen LogP contribution in [0.1, 0.15) is 40.0 Å². The smallest absolute Gasteiger partial charge is 0.230 e. The quantitative estimate of drug-likeness (QED) is 0.801. The molecule has 28 heavy (non-hydrogen) atoms. The first-order valence-corrected chi connectivity index (χ1v) is 10.3. The minimum atomic E-state index is -0.447. The summed E-state index contributed by atoms with van der Waals surface area (Å²) in [6, 6.07) is 5.89. The van der Waals surface area contributed by atoms with Crippen LogP contribution in [0.3, 0.4) is 0 Å². The number of amides is 2. The van der Waals surface area contributed by atoms with Gasteiger partial charge in [-0.3, -0.25) is 9.59 Å². The highest BCUT2D eigenvalue weighted by atomic mass is 16.2. The summed E-state index contributed by atoms with van der Waals surface area (Å²) in [4.78, 5) is 36.7. The Kier molecular flexibility index (Phi) is 5.69. The van der Waals surface area contributed by atoms with Crippen molar-refractivity contribution >= 4 is 17.6 Å². The van der Waals surface area contributed by atoms with E-state index in [9.17, 15) is 9.59 Å². The summed E-state index contributed by atoms with van der Waals surface area (Å²) in [7, 11) is 3.68. The van der Waals surface area contributed by atoms with Gasteiger partial charge < -0.3 is 14.7 Å². The minimum absolute atomic E-state index is 0.0321. The van der Waals surface area contributed by atoms with E-state index in [-0.39, 0.29) is 23.1 Å². The number of likely N-dealkylation sites (tertiary alicyclic amines) is 1. The van der Waals surface area contributed by atoms with Gasteiger partial charge in [0.2, 0.25) is 11.8 Å². The van der Waals surface area contributed by atoms with Crippen LogP contribution in [0.5, 0.6) is 0 Å². The molecule has 0 aliphatic carbocycles. The van der Waals surface area contributed by atoms with Crippen molar-refractivity contribution in [2.75, 3.05) is 45.2 Å². The lowest BCUT2D eigenvalue weighted by molar-refractivity contribution is -0.142. The van der Waals surface area contributed by atoms with Crippen LogP contribution < -0.4 is 4.90 Å². The monoisotopic (exact) mass is 386 g/mol. The molecule has 2 amide bonds. The highest BCUT2D eigenvalue weighted by Crippen LogP contribution is 2.45. The summed E-state index contributed by atoms with van der Waals surface area (Å²) < 4.78 is 0. The van der Waals surface area contributed by atoms with E-state index in [4.69, 9.17) is 0 Å². The summed E-state index contributed by atoms with van der Waals surface area (Å²) in [5.41, 5.74) is -0.479. The van der Waals surface area contributed by atoms with Gasteiger partial charge in [0.1, 0.15) is 5.82 Å². The number of nitrogens with zero attached hydrogens (tertiary/aromatic N) is 4. The van der Waals surface area contributed by atoms with Crippen molar-refractivity contribution in [2.24, 2.45) is 16.7 Å². The van der Waals surface area contributed by atoms with E-state index < -0.39 is 5.41 Å². The molecule has 3 heterocycles. The maximum absolute atomic E-state index is 13.3. The fourth-order valence-electron chi connectivity index (χ4n) is 4.74. The molecule has 0 aromatic carbocycles. The standard InChI is InChI=1S/C22H34N4O2/c1-21(2,3)13-19(27)25-12-8-10-22(20(28)24(4)5)16-26(15-17(22)14-25)18-9-6-7-11-23-18/h6-7,9,11,17H,8,10,12-16H2,1-5H3/t17-,22-/m0/s1. The van der Waals surface area contributed by atoms with Crippen LogP contribution in [0.15, 0.2) is 24.4 Å². The number of hydrogen-bond donors (Lipinski definition) is 0. The predicted octanol–water partition coefficient (Wildman–Crippen LogP) is 2.65. The maximum Gasteiger partial charge on any atom is 0.230 e. The highest BCUT2D eigenvalue weighted by molar-refractivity contribution is 5.85. The maximum atomic E-state index is 13.3. The topological polar surface area (TPSA) is 56.8 Å². The van der Waals surface area contributed by atoms with Gasteiger partial charge in [-0.1, -0.05) is 26.8 Å². The molecule has 1 aromatic heterocycles. The normalized spacial score (nSPS) is 25.2. The van der Waals surface area contributed by atoms with Crippen LogP contribution in [0.25, 0.3) is 0 Å². The van der Waals surface area contributed by atoms with Crippen LogP contribution in [0, 0.1) is 16.7 Å². The first kappa shape index (κ1) is 20.6.